The van der Waals surface area contributed by atoms with E-state index >= 15 is 0 Å². The Balaban J connectivity index is 0.776. The van der Waals surface area contributed by atoms with Crippen molar-refractivity contribution in [2.24, 2.45) is 0 Å². The van der Waals surface area contributed by atoms with Crippen molar-refractivity contribution in [3.8, 4) is 16.9 Å². The molecular formula is C50H54N6O7. The van der Waals surface area contributed by atoms with Gasteiger partial charge in [-0.25, -0.2) is 4.79 Å². The predicted octanol–water partition coefficient (Wildman–Crippen LogP) is 7.04. The molecule has 3 amide bonds. The number of aryl methyl sites for hydroxylation is 1. The zero-order chi connectivity index (χ0) is 44.1. The Bertz CT molecular complexity index is 2560. The van der Waals surface area contributed by atoms with Gasteiger partial charge in [0.1, 0.15) is 11.9 Å². The highest BCUT2D eigenvalue weighted by molar-refractivity contribution is 5.93. The number of amides is 3. The fourth-order valence-electron chi connectivity index (χ4n) is 7.86. The Labute approximate surface area is 366 Å². The van der Waals surface area contributed by atoms with Crippen LogP contribution in [0.1, 0.15) is 54.0 Å². The van der Waals surface area contributed by atoms with E-state index in [9.17, 15) is 29.4 Å². The van der Waals surface area contributed by atoms with Crippen LogP contribution in [0.25, 0.3) is 22.0 Å². The van der Waals surface area contributed by atoms with E-state index in [-0.39, 0.29) is 35.8 Å². The molecular weight excluding hydrogens is 797 g/mol. The second-order valence-electron chi connectivity index (χ2n) is 15.9. The molecule has 13 heteroatoms. The van der Waals surface area contributed by atoms with Gasteiger partial charge >= 0.3 is 6.09 Å². The van der Waals surface area contributed by atoms with Crippen LogP contribution in [-0.2, 0) is 33.8 Å². The number of hydrogen-bond acceptors (Lipinski definition) is 9. The number of nitrogens with one attached hydrogen (secondary N) is 4. The maximum Gasteiger partial charge on any atom is 0.411 e. The fourth-order valence-corrected chi connectivity index (χ4v) is 7.86. The van der Waals surface area contributed by atoms with Crippen molar-refractivity contribution in [2.45, 2.75) is 57.4 Å². The SMILES string of the molecule is CN(C(=O)CCN1CCC(OC(=O)Nc2ccccc2-c2ccccc2)CC1)c1ccc(CNC(=O)CCc2cccc(CNC[C@H](O)c3ccc(O)c4[nH]c(=O)ccc34)c2)cc1. The number of ether oxygens (including phenoxy) is 1. The fraction of sp³-hybridized carbons (Fsp3) is 0.280. The van der Waals surface area contributed by atoms with Gasteiger partial charge in [-0.2, -0.15) is 0 Å². The first-order valence-electron chi connectivity index (χ1n) is 21.4. The minimum atomic E-state index is -0.863. The lowest BCUT2D eigenvalue weighted by Crippen LogP contribution is -2.40. The van der Waals surface area contributed by atoms with E-state index < -0.39 is 12.2 Å². The number of hydrogen-bond donors (Lipinski definition) is 6. The number of benzene rings is 5. The molecule has 0 aliphatic carbocycles. The number of carbonyl (C=O) groups excluding carboxylic acids is 3. The number of aromatic nitrogens is 1. The monoisotopic (exact) mass is 850 g/mol. The van der Waals surface area contributed by atoms with Crippen molar-refractivity contribution in [1.29, 1.82) is 0 Å². The van der Waals surface area contributed by atoms with Crippen molar-refractivity contribution >= 4 is 40.2 Å². The van der Waals surface area contributed by atoms with Crippen LogP contribution in [0.3, 0.4) is 0 Å². The highest BCUT2D eigenvalue weighted by atomic mass is 16.6. The molecule has 1 fully saturated rings. The normalized spacial score (nSPS) is 13.6. The van der Waals surface area contributed by atoms with Gasteiger partial charge in [0.25, 0.3) is 0 Å². The van der Waals surface area contributed by atoms with Gasteiger partial charge in [-0.3, -0.25) is 19.7 Å². The number of aromatic hydroxyl groups is 1. The number of aliphatic hydroxyl groups excluding tert-OH is 1. The van der Waals surface area contributed by atoms with Gasteiger partial charge in [0.15, 0.2) is 0 Å². The molecule has 6 aromatic rings. The van der Waals surface area contributed by atoms with Gasteiger partial charge < -0.3 is 40.4 Å². The van der Waals surface area contributed by atoms with E-state index in [2.05, 4.69) is 25.8 Å². The van der Waals surface area contributed by atoms with Crippen LogP contribution in [0.4, 0.5) is 16.2 Å². The summed E-state index contributed by atoms with van der Waals surface area (Å²) < 4.78 is 5.78. The molecule has 13 nitrogen and oxygen atoms in total. The predicted molar refractivity (Wildman–Crippen MR) is 245 cm³/mol. The molecule has 6 N–H and O–H groups in total. The quantitative estimate of drug-likeness (QED) is 0.0563. The van der Waals surface area contributed by atoms with Crippen molar-refractivity contribution in [1.82, 2.24) is 20.5 Å². The molecule has 0 saturated carbocycles. The third-order valence-corrected chi connectivity index (χ3v) is 11.5. The van der Waals surface area contributed by atoms with Crippen molar-refractivity contribution in [3.63, 3.8) is 0 Å². The average molecular weight is 851 g/mol. The molecule has 0 spiro atoms. The maximum absolute atomic E-state index is 13.1. The summed E-state index contributed by atoms with van der Waals surface area (Å²) in [5, 5.41) is 30.8. The van der Waals surface area contributed by atoms with Gasteiger partial charge in [0.05, 0.1) is 17.3 Å². The van der Waals surface area contributed by atoms with Gasteiger partial charge in [-0.15, -0.1) is 0 Å². The number of pyridine rings is 1. The number of aliphatic hydroxyl groups is 1. The number of para-hydroxylation sites is 1. The zero-order valence-corrected chi connectivity index (χ0v) is 35.4. The third-order valence-electron chi connectivity index (χ3n) is 11.5. The van der Waals surface area contributed by atoms with Gasteiger partial charge in [-0.1, -0.05) is 91.0 Å². The van der Waals surface area contributed by atoms with Crippen LogP contribution in [-0.4, -0.2) is 77.3 Å². The Kier molecular flexibility index (Phi) is 15.0. The minimum absolute atomic E-state index is 0.00528. The van der Waals surface area contributed by atoms with Gasteiger partial charge in [0.2, 0.25) is 17.4 Å². The largest absolute Gasteiger partial charge is 0.506 e. The molecule has 326 valence electrons. The summed E-state index contributed by atoms with van der Waals surface area (Å²) in [5.41, 5.74) is 6.94. The van der Waals surface area contributed by atoms with Crippen molar-refractivity contribution < 1.29 is 29.3 Å². The topological polar surface area (TPSA) is 176 Å². The minimum Gasteiger partial charge on any atom is -0.506 e. The molecule has 1 aliphatic rings. The summed E-state index contributed by atoms with van der Waals surface area (Å²) in [5.74, 6) is -0.116. The molecule has 2 heterocycles. The smallest absolute Gasteiger partial charge is 0.411 e. The first-order valence-corrected chi connectivity index (χ1v) is 21.4. The van der Waals surface area contributed by atoms with E-state index in [4.69, 9.17) is 4.74 Å². The Hall–Kier alpha value is -6.80. The van der Waals surface area contributed by atoms with Crippen molar-refractivity contribution in [2.75, 3.05) is 43.4 Å². The standard InChI is InChI=1S/C50H54N6O7/c1-55(48(61)26-29-56-27-24-39(25-28-56)63-50(62)53-43-13-6-5-12-40(43)37-10-3-2-4-11-37)38-17-14-35(15-18-38)32-52-46(59)22-16-34-8-7-9-36(30-34)31-51-33-45(58)41-19-21-44(57)49-42(41)20-23-47(60)54-49/h2-15,17-21,23,30,39,45,51,57-58H,16,22,24-29,31-33H2,1H3,(H,52,59)(H,53,62)(H,54,60)/t45-/m0/s1. The first kappa shape index (κ1) is 44.3. The summed E-state index contributed by atoms with van der Waals surface area (Å²) in [6.07, 6.45) is 1.13. The Morgan fingerprint density at radius 2 is 1.57 bits per heavy atom. The number of phenolic OH excluding ortho intramolecular Hbond substituents is 1. The van der Waals surface area contributed by atoms with E-state index in [1.54, 1.807) is 24.1 Å². The van der Waals surface area contributed by atoms with E-state index in [0.29, 0.717) is 73.9 Å². The number of rotatable bonds is 17. The summed E-state index contributed by atoms with van der Waals surface area (Å²) in [6, 6.07) is 39.2. The number of nitrogens with zero attached hydrogens (tertiary/aromatic N) is 2. The first-order chi connectivity index (χ1) is 30.6. The van der Waals surface area contributed by atoms with Crippen LogP contribution in [0.2, 0.25) is 0 Å². The number of phenols is 1. The van der Waals surface area contributed by atoms with Crippen LogP contribution < -0.4 is 26.4 Å². The second kappa shape index (κ2) is 21.3. The lowest BCUT2D eigenvalue weighted by molar-refractivity contribution is -0.121. The summed E-state index contributed by atoms with van der Waals surface area (Å²) >= 11 is 0. The van der Waals surface area contributed by atoms with E-state index in [1.165, 1.54) is 12.1 Å². The third kappa shape index (κ3) is 12.2. The van der Waals surface area contributed by atoms with Crippen molar-refractivity contribution in [3.05, 3.63) is 160 Å². The number of aromatic amines is 1. The number of carbonyl (C=O) groups is 3. The number of likely N-dealkylation sites (tertiary alicyclic amines) is 1. The van der Waals surface area contributed by atoms with E-state index in [0.717, 1.165) is 46.6 Å². The molecule has 1 aliphatic heterocycles. The average Bonchev–Trinajstić information content (AvgIpc) is 3.30. The highest BCUT2D eigenvalue weighted by Crippen LogP contribution is 2.30. The van der Waals surface area contributed by atoms with Crippen LogP contribution >= 0.6 is 0 Å². The molecule has 1 saturated heterocycles. The van der Waals surface area contributed by atoms with Gasteiger partial charge in [-0.05, 0) is 77.4 Å². The number of piperidine rings is 1. The molecule has 0 unspecified atom stereocenters. The van der Waals surface area contributed by atoms with Gasteiger partial charge in [0, 0.05) is 81.9 Å². The van der Waals surface area contributed by atoms with Crippen LogP contribution in [0.15, 0.2) is 132 Å². The highest BCUT2D eigenvalue weighted by Gasteiger charge is 2.24. The molecule has 1 atom stereocenters. The lowest BCUT2D eigenvalue weighted by atomic mass is 10.0. The molecule has 0 radical (unpaired) electrons. The Morgan fingerprint density at radius 1 is 0.825 bits per heavy atom. The lowest BCUT2D eigenvalue weighted by Gasteiger charge is -2.31. The number of fused-ring (bicyclic) bond motifs is 1. The maximum atomic E-state index is 13.1. The Morgan fingerprint density at radius 3 is 2.37 bits per heavy atom. The summed E-state index contributed by atoms with van der Waals surface area (Å²) in [7, 11) is 1.77. The number of anilines is 2. The zero-order valence-electron chi connectivity index (χ0n) is 35.4. The second-order valence-corrected chi connectivity index (χ2v) is 15.9. The molecule has 1 aromatic heterocycles. The van der Waals surface area contributed by atoms with Crippen LogP contribution in [0.5, 0.6) is 5.75 Å². The molecule has 7 rings (SSSR count). The molecule has 0 bridgehead atoms. The van der Waals surface area contributed by atoms with Crippen LogP contribution in [0, 0.1) is 0 Å². The summed E-state index contributed by atoms with van der Waals surface area (Å²) in [6.45, 7) is 3.23. The van der Waals surface area contributed by atoms with E-state index in [1.807, 2.05) is 103 Å². The molecule has 5 aromatic carbocycles. The molecule has 63 heavy (non-hydrogen) atoms. The summed E-state index contributed by atoms with van der Waals surface area (Å²) in [4.78, 5) is 57.0. The number of H-pyrrole nitrogens is 1.